The van der Waals surface area contributed by atoms with E-state index in [0.29, 0.717) is 16.1 Å². The summed E-state index contributed by atoms with van der Waals surface area (Å²) in [6, 6.07) is 4.82. The number of nitrogens with zero attached hydrogens (tertiary/aromatic N) is 1. The van der Waals surface area contributed by atoms with Crippen molar-refractivity contribution in [1.82, 2.24) is 4.31 Å². The van der Waals surface area contributed by atoms with Crippen LogP contribution >= 0.6 is 0 Å². The first-order valence-electron chi connectivity index (χ1n) is 6.02. The second kappa shape index (κ2) is 5.28. The minimum atomic E-state index is -3.45. The number of nitrogen functional groups attached to an aromatic ring is 1. The number of hydrogen-bond donors (Lipinski definition) is 1. The van der Waals surface area contributed by atoms with Crippen LogP contribution in [0.4, 0.5) is 5.69 Å². The molecule has 0 aliphatic rings. The Morgan fingerprint density at radius 1 is 1.22 bits per heavy atom. The molecule has 0 bridgehead atoms. The highest BCUT2D eigenvalue weighted by molar-refractivity contribution is 7.89. The Hall–Kier alpha value is -1.07. The van der Waals surface area contributed by atoms with Crippen molar-refractivity contribution in [2.24, 2.45) is 5.92 Å². The third-order valence-corrected chi connectivity index (χ3v) is 5.50. The monoisotopic (exact) mass is 270 g/mol. The van der Waals surface area contributed by atoms with Gasteiger partial charge in [-0.25, -0.2) is 8.42 Å². The highest BCUT2D eigenvalue weighted by Gasteiger charge is 2.28. The Morgan fingerprint density at radius 2 is 1.78 bits per heavy atom. The van der Waals surface area contributed by atoms with Gasteiger partial charge in [0.2, 0.25) is 10.0 Å². The minimum Gasteiger partial charge on any atom is -0.399 e. The summed E-state index contributed by atoms with van der Waals surface area (Å²) in [6.07, 6.45) is 0. The molecule has 1 rings (SSSR count). The van der Waals surface area contributed by atoms with Crippen molar-refractivity contribution in [1.29, 1.82) is 0 Å². The van der Waals surface area contributed by atoms with Crippen LogP contribution in [0, 0.1) is 12.8 Å². The number of benzene rings is 1. The third-order valence-electron chi connectivity index (χ3n) is 3.39. The summed E-state index contributed by atoms with van der Waals surface area (Å²) in [4.78, 5) is 0.326. The summed E-state index contributed by atoms with van der Waals surface area (Å²) in [6.45, 7) is 7.69. The number of hydrogen-bond acceptors (Lipinski definition) is 3. The van der Waals surface area contributed by atoms with E-state index in [2.05, 4.69) is 0 Å². The van der Waals surface area contributed by atoms with Crippen molar-refractivity contribution >= 4 is 15.7 Å². The number of anilines is 1. The number of aryl methyl sites for hydroxylation is 1. The highest BCUT2D eigenvalue weighted by atomic mass is 32.2. The van der Waals surface area contributed by atoms with Gasteiger partial charge in [0.15, 0.2) is 0 Å². The molecule has 0 amide bonds. The third kappa shape index (κ3) is 2.84. The molecule has 1 unspecified atom stereocenters. The van der Waals surface area contributed by atoms with Crippen molar-refractivity contribution in [2.75, 3.05) is 12.8 Å². The zero-order valence-corrected chi connectivity index (χ0v) is 12.5. The molecule has 2 N–H and O–H groups in total. The summed E-state index contributed by atoms with van der Waals surface area (Å²) < 4.78 is 26.4. The number of sulfonamides is 1. The quantitative estimate of drug-likeness (QED) is 0.853. The standard InChI is InChI=1S/C13H22N2O2S/c1-9(2)11(4)15(5)18(16,17)13-7-6-12(14)8-10(13)3/h6-9,11H,14H2,1-5H3. The van der Waals surface area contributed by atoms with E-state index in [1.165, 1.54) is 4.31 Å². The minimum absolute atomic E-state index is 0.0491. The molecule has 5 heteroatoms. The van der Waals surface area contributed by atoms with Gasteiger partial charge in [-0.15, -0.1) is 0 Å². The van der Waals surface area contributed by atoms with E-state index in [-0.39, 0.29) is 12.0 Å². The lowest BCUT2D eigenvalue weighted by Crippen LogP contribution is -2.38. The van der Waals surface area contributed by atoms with E-state index in [1.54, 1.807) is 32.2 Å². The average Bonchev–Trinajstić information content (AvgIpc) is 2.26. The van der Waals surface area contributed by atoms with E-state index in [0.717, 1.165) is 0 Å². The Kier molecular flexibility index (Phi) is 4.40. The number of rotatable bonds is 4. The predicted molar refractivity (Wildman–Crippen MR) is 74.8 cm³/mol. The predicted octanol–water partition coefficient (Wildman–Crippen LogP) is 2.24. The smallest absolute Gasteiger partial charge is 0.243 e. The van der Waals surface area contributed by atoms with Crippen LogP contribution < -0.4 is 5.73 Å². The van der Waals surface area contributed by atoms with Gasteiger partial charge in [0.25, 0.3) is 0 Å². The molecule has 0 aliphatic carbocycles. The van der Waals surface area contributed by atoms with Crippen LogP contribution in [0.15, 0.2) is 23.1 Å². The molecule has 1 aromatic carbocycles. The lowest BCUT2D eigenvalue weighted by Gasteiger charge is -2.27. The maximum absolute atomic E-state index is 12.5. The lowest BCUT2D eigenvalue weighted by molar-refractivity contribution is 0.315. The zero-order chi connectivity index (χ0) is 14.1. The molecular weight excluding hydrogens is 248 g/mol. The fourth-order valence-corrected chi connectivity index (χ4v) is 3.45. The van der Waals surface area contributed by atoms with E-state index in [4.69, 9.17) is 5.73 Å². The van der Waals surface area contributed by atoms with Gasteiger partial charge in [-0.2, -0.15) is 4.31 Å². The second-order valence-electron chi connectivity index (χ2n) is 5.03. The van der Waals surface area contributed by atoms with Crippen LogP contribution in [0.3, 0.4) is 0 Å². The molecule has 18 heavy (non-hydrogen) atoms. The van der Waals surface area contributed by atoms with Gasteiger partial charge >= 0.3 is 0 Å². The molecule has 1 aromatic rings. The number of nitrogens with two attached hydrogens (primary N) is 1. The van der Waals surface area contributed by atoms with Gasteiger partial charge in [-0.05, 0) is 43.5 Å². The van der Waals surface area contributed by atoms with Crippen LogP contribution in [-0.4, -0.2) is 25.8 Å². The van der Waals surface area contributed by atoms with Crippen molar-refractivity contribution in [3.8, 4) is 0 Å². The summed E-state index contributed by atoms with van der Waals surface area (Å²) in [5.41, 5.74) is 6.90. The van der Waals surface area contributed by atoms with Crippen molar-refractivity contribution in [3.05, 3.63) is 23.8 Å². The molecule has 0 spiro atoms. The summed E-state index contributed by atoms with van der Waals surface area (Å²) in [5, 5.41) is 0. The van der Waals surface area contributed by atoms with Crippen LogP contribution in [-0.2, 0) is 10.0 Å². The lowest BCUT2D eigenvalue weighted by atomic mass is 10.1. The maximum atomic E-state index is 12.5. The van der Waals surface area contributed by atoms with Gasteiger partial charge < -0.3 is 5.73 Å². The van der Waals surface area contributed by atoms with E-state index in [1.807, 2.05) is 20.8 Å². The summed E-state index contributed by atoms with van der Waals surface area (Å²) >= 11 is 0. The van der Waals surface area contributed by atoms with Crippen molar-refractivity contribution in [3.63, 3.8) is 0 Å². The Morgan fingerprint density at radius 3 is 2.22 bits per heavy atom. The van der Waals surface area contributed by atoms with Gasteiger partial charge in [0, 0.05) is 18.8 Å². The molecule has 0 heterocycles. The molecule has 4 nitrogen and oxygen atoms in total. The van der Waals surface area contributed by atoms with Crippen molar-refractivity contribution < 1.29 is 8.42 Å². The molecule has 0 saturated carbocycles. The van der Waals surface area contributed by atoms with E-state index < -0.39 is 10.0 Å². The van der Waals surface area contributed by atoms with Gasteiger partial charge in [0.1, 0.15) is 0 Å². The van der Waals surface area contributed by atoms with Crippen LogP contribution in [0.25, 0.3) is 0 Å². The first-order chi connectivity index (χ1) is 8.17. The van der Waals surface area contributed by atoms with Gasteiger partial charge in [-0.3, -0.25) is 0 Å². The Balaban J connectivity index is 3.21. The Labute approximate surface area is 110 Å². The Bertz CT molecular complexity index is 524. The molecular formula is C13H22N2O2S. The van der Waals surface area contributed by atoms with Gasteiger partial charge in [-0.1, -0.05) is 13.8 Å². The van der Waals surface area contributed by atoms with Crippen molar-refractivity contribution in [2.45, 2.75) is 38.6 Å². The fraction of sp³-hybridized carbons (Fsp3) is 0.538. The van der Waals surface area contributed by atoms with E-state index >= 15 is 0 Å². The molecule has 0 aromatic heterocycles. The first-order valence-corrected chi connectivity index (χ1v) is 7.46. The molecule has 0 aliphatic heterocycles. The summed E-state index contributed by atoms with van der Waals surface area (Å²) in [7, 11) is -1.83. The second-order valence-corrected chi connectivity index (χ2v) is 7.00. The average molecular weight is 270 g/mol. The topological polar surface area (TPSA) is 63.4 Å². The van der Waals surface area contributed by atoms with Crippen LogP contribution in [0.5, 0.6) is 0 Å². The zero-order valence-electron chi connectivity index (χ0n) is 11.6. The molecule has 0 saturated heterocycles. The molecule has 102 valence electrons. The van der Waals surface area contributed by atoms with Crippen LogP contribution in [0.1, 0.15) is 26.3 Å². The summed E-state index contributed by atoms with van der Waals surface area (Å²) in [5.74, 6) is 0.263. The normalized spacial score (nSPS) is 14.2. The van der Waals surface area contributed by atoms with Gasteiger partial charge in [0.05, 0.1) is 4.90 Å². The molecule has 0 radical (unpaired) electrons. The van der Waals surface area contributed by atoms with E-state index in [9.17, 15) is 8.42 Å². The maximum Gasteiger partial charge on any atom is 0.243 e. The SMILES string of the molecule is Cc1cc(N)ccc1S(=O)(=O)N(C)C(C)C(C)C. The first kappa shape index (κ1) is 15.0. The molecule has 0 fully saturated rings. The molecule has 1 atom stereocenters. The largest absolute Gasteiger partial charge is 0.399 e. The highest BCUT2D eigenvalue weighted by Crippen LogP contribution is 2.24. The fourth-order valence-electron chi connectivity index (χ4n) is 1.76. The van der Waals surface area contributed by atoms with Crippen LogP contribution in [0.2, 0.25) is 0 Å².